The van der Waals surface area contributed by atoms with E-state index in [9.17, 15) is 4.79 Å². The zero-order valence-corrected chi connectivity index (χ0v) is 18.2. The molecule has 2 aliphatic rings. The molecule has 2 aliphatic heterocycles. The number of aromatic nitrogens is 4. The molecule has 1 N–H and O–H groups in total. The number of anilines is 1. The van der Waals surface area contributed by atoms with Crippen molar-refractivity contribution in [1.29, 1.82) is 0 Å². The van der Waals surface area contributed by atoms with Gasteiger partial charge in [-0.25, -0.2) is 4.98 Å². The lowest BCUT2D eigenvalue weighted by molar-refractivity contribution is -0.142. The summed E-state index contributed by atoms with van der Waals surface area (Å²) in [4.78, 5) is 26.2. The minimum Gasteiger partial charge on any atom is -0.368 e. The van der Waals surface area contributed by atoms with Crippen molar-refractivity contribution in [3.63, 3.8) is 0 Å². The largest absolute Gasteiger partial charge is 0.368 e. The molecule has 1 aromatic carbocycles. The number of nitrogens with one attached hydrogen (secondary N) is 1. The first kappa shape index (κ1) is 20.2. The van der Waals surface area contributed by atoms with Gasteiger partial charge in [0.05, 0.1) is 27.9 Å². The topological polar surface area (TPSA) is 87.2 Å². The fourth-order valence-corrected chi connectivity index (χ4v) is 4.70. The number of hydrogen-bond acceptors (Lipinski definition) is 6. The lowest BCUT2D eigenvalue weighted by atomic mass is 10.0. The summed E-state index contributed by atoms with van der Waals surface area (Å²) in [5.74, 6) is 0.950. The maximum Gasteiger partial charge on any atom is 0.251 e. The Kier molecular flexibility index (Phi) is 5.50. The minimum absolute atomic E-state index is 0.115. The summed E-state index contributed by atoms with van der Waals surface area (Å²) in [5, 5.41) is 7.61. The first-order valence-electron chi connectivity index (χ1n) is 10.7. The van der Waals surface area contributed by atoms with Crippen LogP contribution >= 0.6 is 11.6 Å². The summed E-state index contributed by atoms with van der Waals surface area (Å²) in [7, 11) is 1.90. The molecule has 9 heteroatoms. The average molecular weight is 441 g/mol. The van der Waals surface area contributed by atoms with E-state index in [1.165, 1.54) is 0 Å². The van der Waals surface area contributed by atoms with Gasteiger partial charge in [0.15, 0.2) is 0 Å². The Labute approximate surface area is 185 Å². The standard InChI is InChI=1S/C22H25ClN6O2/c1-28(22(30)20-3-2-10-31-20)14-5-8-29(9-6-14)21-13-24-18-11-15(17-4-7-25-27-17)16(23)12-19(18)26-21/h4,7,11-14,20H,2-3,5-6,8-10H2,1H3,(H,25,27)/t20-/m1/s1. The molecule has 0 radical (unpaired) electrons. The second-order valence-electron chi connectivity index (χ2n) is 8.18. The van der Waals surface area contributed by atoms with Crippen LogP contribution in [0.2, 0.25) is 5.02 Å². The van der Waals surface area contributed by atoms with Gasteiger partial charge in [-0.2, -0.15) is 5.10 Å². The van der Waals surface area contributed by atoms with Gasteiger partial charge in [0.2, 0.25) is 0 Å². The van der Waals surface area contributed by atoms with Crippen LogP contribution in [0.25, 0.3) is 22.3 Å². The summed E-state index contributed by atoms with van der Waals surface area (Å²) in [6, 6.07) is 5.87. The van der Waals surface area contributed by atoms with Crippen LogP contribution < -0.4 is 4.90 Å². The van der Waals surface area contributed by atoms with Gasteiger partial charge < -0.3 is 14.5 Å². The summed E-state index contributed by atoms with van der Waals surface area (Å²) in [5.41, 5.74) is 3.15. The summed E-state index contributed by atoms with van der Waals surface area (Å²) < 4.78 is 5.56. The molecule has 0 spiro atoms. The number of piperidine rings is 1. The quantitative estimate of drug-likeness (QED) is 0.669. The van der Waals surface area contributed by atoms with Crippen molar-refractivity contribution < 1.29 is 9.53 Å². The highest BCUT2D eigenvalue weighted by Gasteiger charge is 2.32. The fraction of sp³-hybridized carbons (Fsp3) is 0.455. The molecule has 8 nitrogen and oxygen atoms in total. The zero-order chi connectivity index (χ0) is 21.4. The zero-order valence-electron chi connectivity index (χ0n) is 17.4. The number of ether oxygens (including phenoxy) is 1. The number of carbonyl (C=O) groups excluding carboxylic acids is 1. The van der Waals surface area contributed by atoms with Gasteiger partial charge in [-0.3, -0.25) is 14.9 Å². The molecule has 3 aromatic rings. The van der Waals surface area contributed by atoms with Crippen molar-refractivity contribution >= 4 is 34.4 Å². The van der Waals surface area contributed by atoms with Gasteiger partial charge in [0.1, 0.15) is 11.9 Å². The van der Waals surface area contributed by atoms with Crippen molar-refractivity contribution in [2.75, 3.05) is 31.6 Å². The second-order valence-corrected chi connectivity index (χ2v) is 8.58. The normalized spacial score (nSPS) is 19.8. The molecule has 5 rings (SSSR count). The number of fused-ring (bicyclic) bond motifs is 1. The molecule has 1 amide bonds. The number of aromatic amines is 1. The van der Waals surface area contributed by atoms with Crippen molar-refractivity contribution in [2.45, 2.75) is 37.8 Å². The van der Waals surface area contributed by atoms with Gasteiger partial charge >= 0.3 is 0 Å². The van der Waals surface area contributed by atoms with E-state index in [2.05, 4.69) is 20.1 Å². The second kappa shape index (κ2) is 8.43. The molecule has 0 saturated carbocycles. The van der Waals surface area contributed by atoms with Gasteiger partial charge in [0, 0.05) is 44.5 Å². The third kappa shape index (κ3) is 3.97. The lowest BCUT2D eigenvalue weighted by Crippen LogP contribution is -2.48. The van der Waals surface area contributed by atoms with Crippen LogP contribution in [0.4, 0.5) is 5.82 Å². The Hall–Kier alpha value is -2.71. The van der Waals surface area contributed by atoms with Crippen molar-refractivity contribution in [2.24, 2.45) is 0 Å². The number of rotatable bonds is 4. The molecule has 2 fully saturated rings. The Balaban J connectivity index is 1.28. The number of benzene rings is 1. The van der Waals surface area contributed by atoms with Crippen LogP contribution in [0.3, 0.4) is 0 Å². The maximum atomic E-state index is 12.6. The molecule has 2 saturated heterocycles. The predicted molar refractivity (Wildman–Crippen MR) is 119 cm³/mol. The number of carbonyl (C=O) groups is 1. The van der Waals surface area contributed by atoms with E-state index in [1.807, 2.05) is 36.3 Å². The maximum absolute atomic E-state index is 12.6. The highest BCUT2D eigenvalue weighted by molar-refractivity contribution is 6.34. The van der Waals surface area contributed by atoms with E-state index < -0.39 is 0 Å². The van der Waals surface area contributed by atoms with Gasteiger partial charge in [0.25, 0.3) is 5.91 Å². The minimum atomic E-state index is -0.259. The molecule has 4 heterocycles. The monoisotopic (exact) mass is 440 g/mol. The van der Waals surface area contributed by atoms with E-state index in [0.717, 1.165) is 66.9 Å². The summed E-state index contributed by atoms with van der Waals surface area (Å²) >= 11 is 6.49. The number of halogens is 1. The molecule has 0 bridgehead atoms. The third-order valence-corrected chi connectivity index (χ3v) is 6.60. The molecule has 162 valence electrons. The molecule has 0 aliphatic carbocycles. The Morgan fingerprint density at radius 3 is 2.81 bits per heavy atom. The molecular weight excluding hydrogens is 416 g/mol. The first-order chi connectivity index (χ1) is 15.1. The van der Waals surface area contributed by atoms with Gasteiger partial charge in [-0.15, -0.1) is 0 Å². The van der Waals surface area contributed by atoms with Crippen LogP contribution in [-0.2, 0) is 9.53 Å². The van der Waals surface area contributed by atoms with E-state index in [1.54, 1.807) is 6.20 Å². The van der Waals surface area contributed by atoms with E-state index in [-0.39, 0.29) is 18.1 Å². The highest BCUT2D eigenvalue weighted by Crippen LogP contribution is 2.31. The first-order valence-corrected chi connectivity index (χ1v) is 11.1. The van der Waals surface area contributed by atoms with Crippen LogP contribution in [-0.4, -0.2) is 69.9 Å². The molecule has 31 heavy (non-hydrogen) atoms. The van der Waals surface area contributed by atoms with E-state index >= 15 is 0 Å². The molecular formula is C22H25ClN6O2. The van der Waals surface area contributed by atoms with Gasteiger partial charge in [-0.05, 0) is 43.9 Å². The van der Waals surface area contributed by atoms with Crippen LogP contribution in [0.5, 0.6) is 0 Å². The highest BCUT2D eigenvalue weighted by atomic mass is 35.5. The summed E-state index contributed by atoms with van der Waals surface area (Å²) in [6.07, 6.45) is 6.91. The predicted octanol–water partition coefficient (Wildman–Crippen LogP) is 3.28. The number of nitrogens with zero attached hydrogens (tertiary/aromatic N) is 5. The van der Waals surface area contributed by atoms with Crippen molar-refractivity contribution in [3.05, 3.63) is 35.6 Å². The van der Waals surface area contributed by atoms with Crippen molar-refractivity contribution in [1.82, 2.24) is 25.1 Å². The van der Waals surface area contributed by atoms with Crippen LogP contribution in [0, 0.1) is 0 Å². The number of likely N-dealkylation sites (N-methyl/N-ethyl adjacent to an activating group) is 1. The van der Waals surface area contributed by atoms with Gasteiger partial charge in [-0.1, -0.05) is 11.6 Å². The van der Waals surface area contributed by atoms with Crippen LogP contribution in [0.1, 0.15) is 25.7 Å². The fourth-order valence-electron chi connectivity index (χ4n) is 4.44. The number of H-pyrrole nitrogens is 1. The third-order valence-electron chi connectivity index (χ3n) is 6.28. The number of hydrogen-bond donors (Lipinski definition) is 1. The SMILES string of the molecule is CN(C(=O)[C@H]1CCCO1)C1CCN(c2cnc3cc(-c4cc[nH]n4)c(Cl)cc3n2)CC1. The van der Waals surface area contributed by atoms with E-state index in [0.29, 0.717) is 11.6 Å². The Morgan fingerprint density at radius 2 is 2.10 bits per heavy atom. The molecule has 1 atom stereocenters. The average Bonchev–Trinajstić information content (AvgIpc) is 3.52. The summed E-state index contributed by atoms with van der Waals surface area (Å²) in [6.45, 7) is 2.34. The Bertz CT molecular complexity index is 1080. The Morgan fingerprint density at radius 1 is 1.26 bits per heavy atom. The van der Waals surface area contributed by atoms with Crippen LogP contribution in [0.15, 0.2) is 30.6 Å². The number of amides is 1. The van der Waals surface area contributed by atoms with E-state index in [4.69, 9.17) is 21.3 Å². The smallest absolute Gasteiger partial charge is 0.251 e. The lowest BCUT2D eigenvalue weighted by Gasteiger charge is -2.37. The molecule has 0 unspecified atom stereocenters. The van der Waals surface area contributed by atoms with Crippen molar-refractivity contribution in [3.8, 4) is 11.3 Å². The molecule has 2 aromatic heterocycles.